The number of hydrogen-bond donors (Lipinski definition) is 1. The predicted octanol–water partition coefficient (Wildman–Crippen LogP) is 7.18. The van der Waals surface area contributed by atoms with Crippen molar-refractivity contribution in [2.75, 3.05) is 12.8 Å². The molecule has 192 valence electrons. The zero-order valence-electron chi connectivity index (χ0n) is 22.4. The smallest absolute Gasteiger partial charge is 0.232 e. The summed E-state index contributed by atoms with van der Waals surface area (Å²) < 4.78 is 0. The molecular formula is C29H42N2O2S2. The van der Waals surface area contributed by atoms with Crippen molar-refractivity contribution in [2.45, 2.75) is 100.0 Å². The second-order valence-corrected chi connectivity index (χ2v) is 14.3. The van der Waals surface area contributed by atoms with Crippen molar-refractivity contribution >= 4 is 29.4 Å². The van der Waals surface area contributed by atoms with E-state index in [-0.39, 0.29) is 16.7 Å². The molecule has 1 N–H and O–H groups in total. The fourth-order valence-electron chi connectivity index (χ4n) is 4.52. The van der Waals surface area contributed by atoms with Crippen LogP contribution in [0.2, 0.25) is 0 Å². The molecule has 1 aromatic carbocycles. The lowest BCUT2D eigenvalue weighted by atomic mass is 9.79. The molecule has 1 heterocycles. The number of rotatable bonds is 7. The second kappa shape index (κ2) is 11.6. The zero-order valence-corrected chi connectivity index (χ0v) is 24.1. The van der Waals surface area contributed by atoms with E-state index in [9.17, 15) is 9.90 Å². The van der Waals surface area contributed by atoms with E-state index in [1.165, 1.54) is 24.2 Å². The Labute approximate surface area is 220 Å². The lowest BCUT2D eigenvalue weighted by molar-refractivity contribution is -0.127. The van der Waals surface area contributed by atoms with Gasteiger partial charge in [0.05, 0.1) is 5.75 Å². The third-order valence-corrected chi connectivity index (χ3v) is 9.57. The maximum absolute atomic E-state index is 12.9. The van der Waals surface area contributed by atoms with Crippen molar-refractivity contribution in [1.29, 1.82) is 0 Å². The van der Waals surface area contributed by atoms with Gasteiger partial charge in [-0.05, 0) is 47.4 Å². The van der Waals surface area contributed by atoms with Crippen LogP contribution in [0.25, 0.3) is 0 Å². The molecule has 0 spiro atoms. The summed E-state index contributed by atoms with van der Waals surface area (Å²) >= 11 is 3.76. The number of thioether (sulfide) groups is 2. The van der Waals surface area contributed by atoms with Crippen molar-refractivity contribution in [3.63, 3.8) is 0 Å². The van der Waals surface area contributed by atoms with Crippen LogP contribution in [0, 0.1) is 0 Å². The van der Waals surface area contributed by atoms with Crippen molar-refractivity contribution in [1.82, 2.24) is 9.88 Å². The summed E-state index contributed by atoms with van der Waals surface area (Å²) in [4.78, 5) is 20.0. The Balaban J connectivity index is 1.71. The van der Waals surface area contributed by atoms with Gasteiger partial charge in [0.2, 0.25) is 5.91 Å². The van der Waals surface area contributed by atoms with E-state index in [0.717, 1.165) is 23.1 Å². The molecule has 2 unspecified atom stereocenters. The monoisotopic (exact) mass is 514 g/mol. The summed E-state index contributed by atoms with van der Waals surface area (Å²) in [7, 11) is 1.88. The van der Waals surface area contributed by atoms with Gasteiger partial charge in [-0.1, -0.05) is 60.5 Å². The number of carbonyl (C=O) groups is 1. The number of carbonyl (C=O) groups excluding carboxylic acids is 1. The van der Waals surface area contributed by atoms with Crippen molar-refractivity contribution in [3.8, 4) is 5.75 Å². The predicted molar refractivity (Wildman–Crippen MR) is 151 cm³/mol. The van der Waals surface area contributed by atoms with Gasteiger partial charge in [0, 0.05) is 52.5 Å². The van der Waals surface area contributed by atoms with Crippen LogP contribution in [0.1, 0.15) is 83.9 Å². The highest BCUT2D eigenvalue weighted by Crippen LogP contribution is 2.45. The summed E-state index contributed by atoms with van der Waals surface area (Å²) in [6.45, 7) is 13.6. The van der Waals surface area contributed by atoms with Crippen LogP contribution >= 0.6 is 23.5 Å². The maximum atomic E-state index is 12.9. The summed E-state index contributed by atoms with van der Waals surface area (Å²) in [6.07, 6.45) is 8.35. The largest absolute Gasteiger partial charge is 0.507 e. The number of phenols is 1. The van der Waals surface area contributed by atoms with Crippen LogP contribution in [-0.4, -0.2) is 44.2 Å². The van der Waals surface area contributed by atoms with Crippen molar-refractivity contribution in [2.24, 2.45) is 0 Å². The minimum absolute atomic E-state index is 0.132. The Bertz CT molecular complexity index is 961. The standard InChI is InChI=1S/C29H42N2O2S2/c1-28(2,3)22-15-21(16-23(27(22)33)29(4,5)6)35-25-13-9-8-12-24(25)34-19-26(32)31(7)18-20-11-10-14-30-17-20/h10-11,14-17,24-25,33H,8-9,12-13,18-19H2,1-7H3. The Morgan fingerprint density at radius 1 is 1.06 bits per heavy atom. The Kier molecular flexibility index (Phi) is 9.25. The third-order valence-electron chi connectivity index (χ3n) is 6.62. The van der Waals surface area contributed by atoms with Crippen LogP contribution in [0.3, 0.4) is 0 Å². The average Bonchev–Trinajstić information content (AvgIpc) is 2.78. The molecule has 0 aliphatic heterocycles. The summed E-state index contributed by atoms with van der Waals surface area (Å²) in [5.41, 5.74) is 2.81. The van der Waals surface area contributed by atoms with Crippen molar-refractivity contribution in [3.05, 3.63) is 53.3 Å². The zero-order chi connectivity index (χ0) is 25.8. The normalized spacial score (nSPS) is 18.9. The van der Waals surface area contributed by atoms with Gasteiger partial charge in [-0.25, -0.2) is 0 Å². The lowest BCUT2D eigenvalue weighted by Crippen LogP contribution is -2.31. The molecule has 1 aliphatic rings. The summed E-state index contributed by atoms with van der Waals surface area (Å²) in [5.74, 6) is 1.11. The van der Waals surface area contributed by atoms with E-state index in [2.05, 4.69) is 58.7 Å². The third kappa shape index (κ3) is 7.66. The number of benzene rings is 1. The van der Waals surface area contributed by atoms with E-state index in [0.29, 0.717) is 28.5 Å². The van der Waals surface area contributed by atoms with Crippen LogP contribution in [-0.2, 0) is 22.2 Å². The van der Waals surface area contributed by atoms with Gasteiger partial charge in [-0.3, -0.25) is 9.78 Å². The molecule has 0 radical (unpaired) electrons. The maximum Gasteiger partial charge on any atom is 0.232 e. The fourth-order valence-corrected chi connectivity index (χ4v) is 7.48. The van der Waals surface area contributed by atoms with E-state index >= 15 is 0 Å². The molecule has 2 aromatic rings. The highest BCUT2D eigenvalue weighted by atomic mass is 32.2. The topological polar surface area (TPSA) is 53.4 Å². The first-order chi connectivity index (χ1) is 16.4. The molecule has 1 saturated carbocycles. The number of hydrogen-bond acceptors (Lipinski definition) is 5. The van der Waals surface area contributed by atoms with Crippen LogP contribution < -0.4 is 0 Å². The molecular weight excluding hydrogens is 472 g/mol. The van der Waals surface area contributed by atoms with E-state index < -0.39 is 0 Å². The Hall–Kier alpha value is -1.66. The molecule has 6 heteroatoms. The van der Waals surface area contributed by atoms with Crippen molar-refractivity contribution < 1.29 is 9.90 Å². The van der Waals surface area contributed by atoms with E-state index in [1.807, 2.05) is 48.9 Å². The number of aromatic nitrogens is 1. The first kappa shape index (κ1) is 27.9. The first-order valence-electron chi connectivity index (χ1n) is 12.7. The minimum Gasteiger partial charge on any atom is -0.507 e. The molecule has 4 nitrogen and oxygen atoms in total. The number of nitrogens with zero attached hydrogens (tertiary/aromatic N) is 2. The summed E-state index contributed by atoms with van der Waals surface area (Å²) in [5, 5.41) is 12.0. The van der Waals surface area contributed by atoms with Gasteiger partial charge in [0.1, 0.15) is 5.75 Å². The minimum atomic E-state index is -0.132. The quantitative estimate of drug-likeness (QED) is 0.424. The molecule has 2 atom stereocenters. The molecule has 1 aromatic heterocycles. The summed E-state index contributed by atoms with van der Waals surface area (Å²) in [6, 6.07) is 8.30. The highest BCUT2D eigenvalue weighted by molar-refractivity contribution is 8.04. The number of amides is 1. The Morgan fingerprint density at radius 3 is 2.20 bits per heavy atom. The molecule has 1 aliphatic carbocycles. The van der Waals surface area contributed by atoms with Gasteiger partial charge in [-0.15, -0.1) is 23.5 Å². The molecule has 1 fully saturated rings. The fraction of sp³-hybridized carbons (Fsp3) is 0.586. The highest BCUT2D eigenvalue weighted by Gasteiger charge is 2.30. The van der Waals surface area contributed by atoms with Gasteiger partial charge < -0.3 is 10.0 Å². The van der Waals surface area contributed by atoms with Crippen LogP contribution in [0.15, 0.2) is 41.6 Å². The number of phenolic OH excluding ortho intramolecular Hbond substituents is 1. The molecule has 0 bridgehead atoms. The van der Waals surface area contributed by atoms with Gasteiger partial charge in [0.15, 0.2) is 0 Å². The SMILES string of the molecule is CN(Cc1cccnc1)C(=O)CSC1CCCCC1Sc1cc(C(C)(C)C)c(O)c(C(C)(C)C)c1. The first-order valence-corrected chi connectivity index (χ1v) is 14.6. The van der Waals surface area contributed by atoms with Crippen LogP contribution in [0.4, 0.5) is 0 Å². The molecule has 35 heavy (non-hydrogen) atoms. The Morgan fingerprint density at radius 2 is 1.66 bits per heavy atom. The van der Waals surface area contributed by atoms with Gasteiger partial charge in [0.25, 0.3) is 0 Å². The molecule has 1 amide bonds. The average molecular weight is 515 g/mol. The lowest BCUT2D eigenvalue weighted by Gasteiger charge is -2.32. The number of pyridine rings is 1. The van der Waals surface area contributed by atoms with Gasteiger partial charge >= 0.3 is 0 Å². The second-order valence-electron chi connectivity index (χ2n) is 11.8. The van der Waals surface area contributed by atoms with Crippen LogP contribution in [0.5, 0.6) is 5.75 Å². The molecule has 3 rings (SSSR count). The van der Waals surface area contributed by atoms with Gasteiger partial charge in [-0.2, -0.15) is 0 Å². The van der Waals surface area contributed by atoms with E-state index in [4.69, 9.17) is 0 Å². The number of aromatic hydroxyl groups is 1. The van der Waals surface area contributed by atoms with E-state index in [1.54, 1.807) is 11.1 Å². The molecule has 0 saturated heterocycles.